The summed E-state index contributed by atoms with van der Waals surface area (Å²) in [6.07, 6.45) is 5.12. The Balaban J connectivity index is 2.85. The fourth-order valence-corrected chi connectivity index (χ4v) is 1.29. The van der Waals surface area contributed by atoms with Gasteiger partial charge in [0.15, 0.2) is 0 Å². The molecule has 2 nitrogen and oxygen atoms in total. The molecule has 1 rings (SSSR count). The highest BCUT2D eigenvalue weighted by Gasteiger charge is 2.09. The molecule has 3 heteroatoms. The largest absolute Gasteiger partial charge is 0.331 e. The van der Waals surface area contributed by atoms with Crippen molar-refractivity contribution in [1.82, 2.24) is 4.90 Å². The molecule has 0 fully saturated rings. The Kier molecular flexibility index (Phi) is 3.61. The normalized spacial score (nSPS) is 9.21. The average molecular weight is 205 g/mol. The van der Waals surface area contributed by atoms with Crippen LogP contribution in [0.1, 0.15) is 10.4 Å². The summed E-state index contributed by atoms with van der Waals surface area (Å²) >= 11 is 4.16. The van der Waals surface area contributed by atoms with Crippen LogP contribution in [0.5, 0.6) is 0 Å². The highest BCUT2D eigenvalue weighted by Crippen LogP contribution is 2.10. The predicted molar refractivity (Wildman–Crippen MR) is 59.5 cm³/mol. The second kappa shape index (κ2) is 4.73. The molecule has 0 atom stereocenters. The summed E-state index contributed by atoms with van der Waals surface area (Å²) in [6, 6.07) is 7.08. The van der Waals surface area contributed by atoms with E-state index in [4.69, 9.17) is 6.42 Å². The molecule has 1 aromatic carbocycles. The van der Waals surface area contributed by atoms with Crippen molar-refractivity contribution in [3.8, 4) is 12.3 Å². The van der Waals surface area contributed by atoms with Crippen molar-refractivity contribution in [2.75, 3.05) is 13.6 Å². The van der Waals surface area contributed by atoms with Gasteiger partial charge in [-0.25, -0.2) is 0 Å². The standard InChI is InChI=1S/C11H11NOS/c1-3-7-12(2)11(13)9-5-4-6-10(14)8-9/h1,4-6,8,14H,7H2,2H3. The molecular formula is C11H11NOS. The molecule has 0 heterocycles. The first-order chi connectivity index (χ1) is 6.65. The number of benzene rings is 1. The summed E-state index contributed by atoms with van der Waals surface area (Å²) in [4.78, 5) is 13.9. The van der Waals surface area contributed by atoms with E-state index in [1.165, 1.54) is 4.90 Å². The molecule has 0 aliphatic rings. The van der Waals surface area contributed by atoms with E-state index in [0.29, 0.717) is 12.1 Å². The summed E-state index contributed by atoms with van der Waals surface area (Å²) in [7, 11) is 1.67. The van der Waals surface area contributed by atoms with Gasteiger partial charge in [-0.05, 0) is 18.2 Å². The van der Waals surface area contributed by atoms with Crippen molar-refractivity contribution in [1.29, 1.82) is 0 Å². The van der Waals surface area contributed by atoms with Crippen molar-refractivity contribution < 1.29 is 4.79 Å². The molecule has 1 aromatic rings. The number of nitrogens with zero attached hydrogens (tertiary/aromatic N) is 1. The maximum absolute atomic E-state index is 11.7. The fourth-order valence-electron chi connectivity index (χ4n) is 1.07. The number of thiol groups is 1. The lowest BCUT2D eigenvalue weighted by Crippen LogP contribution is -2.26. The lowest BCUT2D eigenvalue weighted by Gasteiger charge is -2.13. The molecule has 0 aromatic heterocycles. The van der Waals surface area contributed by atoms with E-state index in [2.05, 4.69) is 18.5 Å². The molecule has 0 aliphatic heterocycles. The molecule has 1 amide bonds. The summed E-state index contributed by atoms with van der Waals surface area (Å²) in [5.74, 6) is 2.33. The van der Waals surface area contributed by atoms with Gasteiger partial charge in [-0.3, -0.25) is 4.79 Å². The predicted octanol–water partition coefficient (Wildman–Crippen LogP) is 1.68. The maximum atomic E-state index is 11.7. The van der Waals surface area contributed by atoms with Crippen LogP contribution >= 0.6 is 12.6 Å². The average Bonchev–Trinajstić information content (AvgIpc) is 2.17. The monoisotopic (exact) mass is 205 g/mol. The van der Waals surface area contributed by atoms with Gasteiger partial charge in [0.05, 0.1) is 6.54 Å². The smallest absolute Gasteiger partial charge is 0.254 e. The molecule has 0 saturated carbocycles. The number of rotatable bonds is 2. The van der Waals surface area contributed by atoms with E-state index in [1.807, 2.05) is 6.07 Å². The van der Waals surface area contributed by atoms with Gasteiger partial charge >= 0.3 is 0 Å². The third kappa shape index (κ3) is 2.54. The van der Waals surface area contributed by atoms with Gasteiger partial charge in [0.2, 0.25) is 0 Å². The number of carbonyl (C=O) groups is 1. The molecule has 0 N–H and O–H groups in total. The third-order valence-electron chi connectivity index (χ3n) is 1.77. The van der Waals surface area contributed by atoms with Crippen LogP contribution in [0.15, 0.2) is 29.2 Å². The van der Waals surface area contributed by atoms with E-state index in [1.54, 1.807) is 25.2 Å². The zero-order valence-corrected chi connectivity index (χ0v) is 8.79. The Bertz CT molecular complexity index is 381. The minimum atomic E-state index is -0.0844. The lowest BCUT2D eigenvalue weighted by molar-refractivity contribution is 0.0812. The first kappa shape index (κ1) is 10.7. The van der Waals surface area contributed by atoms with Crippen molar-refractivity contribution in [2.24, 2.45) is 0 Å². The second-order valence-corrected chi connectivity index (χ2v) is 3.43. The molecule has 0 unspecified atom stereocenters. The minimum absolute atomic E-state index is 0.0844. The molecular weight excluding hydrogens is 194 g/mol. The van der Waals surface area contributed by atoms with Crippen LogP contribution in [0, 0.1) is 12.3 Å². The molecule has 14 heavy (non-hydrogen) atoms. The quantitative estimate of drug-likeness (QED) is 0.575. The van der Waals surface area contributed by atoms with Crippen LogP contribution in [0.25, 0.3) is 0 Å². The first-order valence-electron chi connectivity index (χ1n) is 4.13. The summed E-state index contributed by atoms with van der Waals surface area (Å²) in [6.45, 7) is 0.315. The number of hydrogen-bond donors (Lipinski definition) is 1. The van der Waals surface area contributed by atoms with Gasteiger partial charge in [0, 0.05) is 17.5 Å². The van der Waals surface area contributed by atoms with Crippen LogP contribution in [0.2, 0.25) is 0 Å². The molecule has 0 saturated heterocycles. The summed E-state index contributed by atoms with van der Waals surface area (Å²) in [5, 5.41) is 0. The number of amides is 1. The van der Waals surface area contributed by atoms with Crippen LogP contribution in [-0.4, -0.2) is 24.4 Å². The van der Waals surface area contributed by atoms with E-state index in [9.17, 15) is 4.79 Å². The van der Waals surface area contributed by atoms with E-state index in [-0.39, 0.29) is 5.91 Å². The Morgan fingerprint density at radius 1 is 1.64 bits per heavy atom. The van der Waals surface area contributed by atoms with Gasteiger partial charge in [-0.2, -0.15) is 0 Å². The van der Waals surface area contributed by atoms with Crippen molar-refractivity contribution in [3.63, 3.8) is 0 Å². The van der Waals surface area contributed by atoms with Crippen molar-refractivity contribution >= 4 is 18.5 Å². The lowest BCUT2D eigenvalue weighted by atomic mass is 10.2. The summed E-state index contributed by atoms with van der Waals surface area (Å²) in [5.41, 5.74) is 0.607. The number of carbonyl (C=O) groups excluding carboxylic acids is 1. The van der Waals surface area contributed by atoms with Gasteiger partial charge in [0.25, 0.3) is 5.91 Å². The molecule has 72 valence electrons. The van der Waals surface area contributed by atoms with Gasteiger partial charge in [-0.1, -0.05) is 12.0 Å². The Morgan fingerprint density at radius 2 is 2.36 bits per heavy atom. The fraction of sp³-hybridized carbons (Fsp3) is 0.182. The minimum Gasteiger partial charge on any atom is -0.331 e. The van der Waals surface area contributed by atoms with Crippen molar-refractivity contribution in [3.05, 3.63) is 29.8 Å². The topological polar surface area (TPSA) is 20.3 Å². The SMILES string of the molecule is C#CCN(C)C(=O)c1cccc(S)c1. The Labute approximate surface area is 89.3 Å². The van der Waals surface area contributed by atoms with Crippen LogP contribution in [0.3, 0.4) is 0 Å². The maximum Gasteiger partial charge on any atom is 0.254 e. The molecule has 0 radical (unpaired) electrons. The van der Waals surface area contributed by atoms with E-state index < -0.39 is 0 Å². The van der Waals surface area contributed by atoms with Crippen LogP contribution < -0.4 is 0 Å². The molecule has 0 spiro atoms. The van der Waals surface area contributed by atoms with Gasteiger partial charge < -0.3 is 4.90 Å². The third-order valence-corrected chi connectivity index (χ3v) is 2.05. The van der Waals surface area contributed by atoms with Crippen molar-refractivity contribution in [2.45, 2.75) is 4.90 Å². The van der Waals surface area contributed by atoms with Crippen LogP contribution in [0.4, 0.5) is 0 Å². The van der Waals surface area contributed by atoms with Gasteiger partial charge in [0.1, 0.15) is 0 Å². The van der Waals surface area contributed by atoms with E-state index in [0.717, 1.165) is 4.90 Å². The highest BCUT2D eigenvalue weighted by molar-refractivity contribution is 7.80. The zero-order chi connectivity index (χ0) is 10.6. The van der Waals surface area contributed by atoms with E-state index >= 15 is 0 Å². The molecule has 0 aliphatic carbocycles. The Morgan fingerprint density at radius 3 is 2.93 bits per heavy atom. The summed E-state index contributed by atoms with van der Waals surface area (Å²) < 4.78 is 0. The molecule has 0 bridgehead atoms. The zero-order valence-electron chi connectivity index (χ0n) is 7.90. The van der Waals surface area contributed by atoms with Crippen LogP contribution in [-0.2, 0) is 0 Å². The Hall–Kier alpha value is -1.40. The van der Waals surface area contributed by atoms with Gasteiger partial charge in [-0.15, -0.1) is 19.1 Å². The highest BCUT2D eigenvalue weighted by atomic mass is 32.1. The first-order valence-corrected chi connectivity index (χ1v) is 4.58. The second-order valence-electron chi connectivity index (χ2n) is 2.92. The number of hydrogen-bond acceptors (Lipinski definition) is 2. The number of terminal acetylenes is 1.